The van der Waals surface area contributed by atoms with E-state index in [1.165, 1.54) is 13.1 Å². The van der Waals surface area contributed by atoms with Crippen molar-refractivity contribution < 1.29 is 13.9 Å². The zero-order valence-corrected chi connectivity index (χ0v) is 19.5. The van der Waals surface area contributed by atoms with Crippen LogP contribution in [0.3, 0.4) is 0 Å². The number of nitrogens with zero attached hydrogens (tertiary/aromatic N) is 3. The maximum absolute atomic E-state index is 15.5. The lowest BCUT2D eigenvalue weighted by Crippen LogP contribution is -2.42. The van der Waals surface area contributed by atoms with Crippen molar-refractivity contribution in [2.75, 3.05) is 24.2 Å². The van der Waals surface area contributed by atoms with E-state index in [-0.39, 0.29) is 39.4 Å². The minimum atomic E-state index is -0.754. The number of aryl methyl sites for hydroxylation is 1. The molecule has 0 unspecified atom stereocenters. The molecule has 1 aliphatic carbocycles. The van der Waals surface area contributed by atoms with Crippen molar-refractivity contribution in [3.63, 3.8) is 0 Å². The molecular formula is C26H26FN5O3. The fourth-order valence-electron chi connectivity index (χ4n) is 5.29. The first kappa shape index (κ1) is 22.8. The molecule has 1 saturated carbocycles. The molecule has 1 fully saturated rings. The summed E-state index contributed by atoms with van der Waals surface area (Å²) < 4.78 is 23.6. The van der Waals surface area contributed by atoms with E-state index in [0.29, 0.717) is 37.1 Å². The number of nitrogens with two attached hydrogens (primary N) is 1. The maximum Gasteiger partial charge on any atom is 0.202 e. The number of ketones is 1. The summed E-state index contributed by atoms with van der Waals surface area (Å²) in [6.07, 6.45) is 8.13. The fraction of sp³-hybridized carbons (Fsp3) is 0.385. The van der Waals surface area contributed by atoms with Gasteiger partial charge in [0.25, 0.3) is 0 Å². The van der Waals surface area contributed by atoms with Crippen LogP contribution in [0.15, 0.2) is 29.3 Å². The molecule has 3 aromatic rings. The SMILES string of the molecule is CC(=O)c1cn2c3c(c(NCCCc4ccc(C#N)cn4)c(F)c(N)c3c1=O)OCC21CCCC1. The first-order valence-electron chi connectivity index (χ1n) is 11.8. The molecule has 1 aliphatic heterocycles. The molecule has 9 heteroatoms. The molecule has 0 radical (unpaired) electrons. The molecule has 2 aromatic heterocycles. The van der Waals surface area contributed by atoms with Crippen molar-refractivity contribution in [3.8, 4) is 11.8 Å². The molecule has 1 spiro atoms. The predicted octanol–water partition coefficient (Wildman–Crippen LogP) is 3.90. The largest absolute Gasteiger partial charge is 0.487 e. The number of nitriles is 1. The number of halogens is 1. The van der Waals surface area contributed by atoms with Gasteiger partial charge in [-0.25, -0.2) is 4.39 Å². The summed E-state index contributed by atoms with van der Waals surface area (Å²) in [5.74, 6) is -0.871. The third-order valence-electron chi connectivity index (χ3n) is 7.15. The van der Waals surface area contributed by atoms with Gasteiger partial charge in [0.15, 0.2) is 17.3 Å². The average Bonchev–Trinajstić information content (AvgIpc) is 3.33. The van der Waals surface area contributed by atoms with Crippen LogP contribution in [-0.4, -0.2) is 28.5 Å². The van der Waals surface area contributed by atoms with Gasteiger partial charge >= 0.3 is 0 Å². The van der Waals surface area contributed by atoms with Gasteiger partial charge in [-0.3, -0.25) is 14.6 Å². The molecule has 0 bridgehead atoms. The van der Waals surface area contributed by atoms with E-state index in [2.05, 4.69) is 10.3 Å². The summed E-state index contributed by atoms with van der Waals surface area (Å²) in [6, 6.07) is 5.55. The van der Waals surface area contributed by atoms with E-state index in [4.69, 9.17) is 15.7 Å². The summed E-state index contributed by atoms with van der Waals surface area (Å²) >= 11 is 0. The van der Waals surface area contributed by atoms with Gasteiger partial charge in [-0.1, -0.05) is 12.8 Å². The number of anilines is 2. The van der Waals surface area contributed by atoms with Crippen molar-refractivity contribution in [2.45, 2.75) is 51.0 Å². The number of carbonyl (C=O) groups is 1. The molecule has 1 aromatic carbocycles. The van der Waals surface area contributed by atoms with Crippen LogP contribution < -0.4 is 21.2 Å². The van der Waals surface area contributed by atoms with Crippen molar-refractivity contribution >= 4 is 28.1 Å². The molecule has 0 saturated heterocycles. The van der Waals surface area contributed by atoms with Gasteiger partial charge in [0.2, 0.25) is 5.43 Å². The lowest BCUT2D eigenvalue weighted by Gasteiger charge is -2.39. The average molecular weight is 476 g/mol. The van der Waals surface area contributed by atoms with Crippen molar-refractivity contribution in [3.05, 3.63) is 57.4 Å². The second kappa shape index (κ2) is 8.69. The van der Waals surface area contributed by atoms with Crippen LogP contribution >= 0.6 is 0 Å². The first-order chi connectivity index (χ1) is 16.9. The molecular weight excluding hydrogens is 449 g/mol. The summed E-state index contributed by atoms with van der Waals surface area (Å²) in [4.78, 5) is 29.7. The minimum absolute atomic E-state index is 0.00325. The Morgan fingerprint density at radius 2 is 2.14 bits per heavy atom. The number of fused-ring (bicyclic) bond motifs is 1. The number of rotatable bonds is 6. The number of nitrogens with one attached hydrogen (secondary N) is 1. The number of hydrogen-bond donors (Lipinski definition) is 2. The second-order valence-electron chi connectivity index (χ2n) is 9.35. The van der Waals surface area contributed by atoms with E-state index in [9.17, 15) is 9.59 Å². The van der Waals surface area contributed by atoms with Crippen molar-refractivity contribution in [1.29, 1.82) is 5.26 Å². The lowest BCUT2D eigenvalue weighted by molar-refractivity contribution is 0.101. The number of ether oxygens (including phenoxy) is 1. The smallest absolute Gasteiger partial charge is 0.202 e. The highest BCUT2D eigenvalue weighted by atomic mass is 19.1. The third kappa shape index (κ3) is 3.70. The Kier molecular flexibility index (Phi) is 5.67. The highest BCUT2D eigenvalue weighted by Gasteiger charge is 2.42. The summed E-state index contributed by atoms with van der Waals surface area (Å²) in [7, 11) is 0. The van der Waals surface area contributed by atoms with Crippen molar-refractivity contribution in [2.24, 2.45) is 0 Å². The Labute approximate surface area is 201 Å². The Balaban J connectivity index is 1.53. The van der Waals surface area contributed by atoms with Crippen LogP contribution in [0.25, 0.3) is 10.9 Å². The van der Waals surface area contributed by atoms with E-state index < -0.39 is 11.2 Å². The van der Waals surface area contributed by atoms with Crippen LogP contribution in [0.4, 0.5) is 15.8 Å². The Bertz CT molecular complexity index is 1430. The Hall–Kier alpha value is -3.93. The zero-order valence-electron chi connectivity index (χ0n) is 19.5. The summed E-state index contributed by atoms with van der Waals surface area (Å²) in [5, 5.41) is 12.0. The van der Waals surface area contributed by atoms with Crippen LogP contribution in [0, 0.1) is 17.1 Å². The number of pyridine rings is 2. The standard InChI is InChI=1S/C26H26FN5O3/c1-15(33)18-13-32-23-19(24(18)34)21(29)20(27)22(25(23)35-14-26(32)8-2-3-9-26)30-10-4-5-17-7-6-16(11-28)12-31-17/h6-7,12-13,30H,2-5,8-10,14,29H2,1H3. The maximum atomic E-state index is 15.5. The zero-order chi connectivity index (χ0) is 24.7. The molecule has 3 N–H and O–H groups in total. The van der Waals surface area contributed by atoms with Crippen LogP contribution in [0.2, 0.25) is 0 Å². The lowest BCUT2D eigenvalue weighted by atomic mass is 9.93. The van der Waals surface area contributed by atoms with Crippen molar-refractivity contribution in [1.82, 2.24) is 9.55 Å². The van der Waals surface area contributed by atoms with Gasteiger partial charge in [0.05, 0.1) is 33.3 Å². The van der Waals surface area contributed by atoms with Gasteiger partial charge in [0.1, 0.15) is 18.4 Å². The predicted molar refractivity (Wildman–Crippen MR) is 130 cm³/mol. The van der Waals surface area contributed by atoms with E-state index >= 15 is 4.39 Å². The molecule has 3 heterocycles. The van der Waals surface area contributed by atoms with E-state index in [1.807, 2.05) is 10.6 Å². The van der Waals surface area contributed by atoms with E-state index in [1.54, 1.807) is 18.3 Å². The van der Waals surface area contributed by atoms with Gasteiger partial charge < -0.3 is 20.4 Å². The molecule has 2 aliphatic rings. The number of benzene rings is 1. The van der Waals surface area contributed by atoms with Crippen LogP contribution in [-0.2, 0) is 12.0 Å². The molecule has 5 rings (SSSR count). The van der Waals surface area contributed by atoms with Gasteiger partial charge in [-0.2, -0.15) is 5.26 Å². The number of nitrogen functional groups attached to an aromatic ring is 1. The molecule has 8 nitrogen and oxygen atoms in total. The molecule has 0 amide bonds. The first-order valence-corrected chi connectivity index (χ1v) is 11.8. The quantitative estimate of drug-likeness (QED) is 0.315. The summed E-state index contributed by atoms with van der Waals surface area (Å²) in [5.41, 5.74) is 6.86. The molecule has 0 atom stereocenters. The summed E-state index contributed by atoms with van der Waals surface area (Å²) in [6.45, 7) is 2.09. The number of aromatic nitrogens is 2. The highest BCUT2D eigenvalue weighted by Crippen LogP contribution is 2.48. The number of hydrogen-bond acceptors (Lipinski definition) is 7. The number of Topliss-reactive ketones (excluding diaryl/α,β-unsaturated/α-hetero) is 1. The number of carbonyl (C=O) groups excluding carboxylic acids is 1. The molecule has 35 heavy (non-hydrogen) atoms. The second-order valence-corrected chi connectivity index (χ2v) is 9.35. The van der Waals surface area contributed by atoms with Gasteiger partial charge in [-0.15, -0.1) is 0 Å². The van der Waals surface area contributed by atoms with Crippen LogP contribution in [0.1, 0.15) is 60.6 Å². The third-order valence-corrected chi connectivity index (χ3v) is 7.15. The molecule has 180 valence electrons. The topological polar surface area (TPSA) is 123 Å². The van der Waals surface area contributed by atoms with Gasteiger partial charge in [-0.05, 0) is 44.7 Å². The monoisotopic (exact) mass is 475 g/mol. The fourth-order valence-corrected chi connectivity index (χ4v) is 5.29. The minimum Gasteiger partial charge on any atom is -0.487 e. The van der Waals surface area contributed by atoms with E-state index in [0.717, 1.165) is 31.4 Å². The van der Waals surface area contributed by atoms with Gasteiger partial charge in [0, 0.05) is 24.6 Å². The highest BCUT2D eigenvalue weighted by molar-refractivity contribution is 6.04. The normalized spacial score (nSPS) is 15.7. The Morgan fingerprint density at radius 1 is 1.37 bits per heavy atom. The van der Waals surface area contributed by atoms with Crippen LogP contribution in [0.5, 0.6) is 5.75 Å². The Morgan fingerprint density at radius 3 is 2.80 bits per heavy atom.